The van der Waals surface area contributed by atoms with Crippen LogP contribution in [0.15, 0.2) is 0 Å². The van der Waals surface area contributed by atoms with E-state index in [9.17, 15) is 4.79 Å². The van der Waals surface area contributed by atoms with Gasteiger partial charge in [-0.05, 0) is 19.3 Å². The zero-order valence-electron chi connectivity index (χ0n) is 10.6. The quantitative estimate of drug-likeness (QED) is 0.774. The van der Waals surface area contributed by atoms with E-state index in [0.717, 1.165) is 19.5 Å². The molecule has 1 saturated carbocycles. The molecule has 17 heavy (non-hydrogen) atoms. The molecule has 1 amide bonds. The molecule has 0 spiro atoms. The van der Waals surface area contributed by atoms with E-state index in [1.54, 1.807) is 0 Å². The maximum atomic E-state index is 12.0. The van der Waals surface area contributed by atoms with E-state index in [0.29, 0.717) is 19.1 Å². The molecule has 0 aromatic heterocycles. The van der Waals surface area contributed by atoms with Crippen molar-refractivity contribution >= 4 is 5.91 Å². The van der Waals surface area contributed by atoms with E-state index in [1.165, 1.54) is 32.1 Å². The van der Waals surface area contributed by atoms with Gasteiger partial charge < -0.3 is 10.0 Å². The Morgan fingerprint density at radius 1 is 1.18 bits per heavy atom. The van der Waals surface area contributed by atoms with E-state index >= 15 is 0 Å². The molecular weight excluding hydrogens is 216 g/mol. The summed E-state index contributed by atoms with van der Waals surface area (Å²) in [5.74, 6) is 0.246. The number of hydrogen-bond donors (Lipinski definition) is 1. The lowest BCUT2D eigenvalue weighted by atomic mass is 9.94. The zero-order chi connectivity index (χ0) is 12.1. The van der Waals surface area contributed by atoms with Gasteiger partial charge in [0.05, 0.1) is 13.2 Å². The number of amides is 1. The van der Waals surface area contributed by atoms with Crippen LogP contribution in [0.5, 0.6) is 0 Å². The third-order valence-electron chi connectivity index (χ3n) is 4.03. The van der Waals surface area contributed by atoms with Crippen LogP contribution >= 0.6 is 0 Å². The summed E-state index contributed by atoms with van der Waals surface area (Å²) >= 11 is 0. The average Bonchev–Trinajstić information content (AvgIpc) is 2.27. The second kappa shape index (κ2) is 6.36. The monoisotopic (exact) mass is 240 g/mol. The van der Waals surface area contributed by atoms with Gasteiger partial charge in [-0.2, -0.15) is 0 Å². The minimum Gasteiger partial charge on any atom is -0.395 e. The van der Waals surface area contributed by atoms with Crippen LogP contribution in [-0.4, -0.2) is 59.6 Å². The highest BCUT2D eigenvalue weighted by Crippen LogP contribution is 2.22. The van der Waals surface area contributed by atoms with Gasteiger partial charge in [0, 0.05) is 25.7 Å². The molecule has 98 valence electrons. The highest BCUT2D eigenvalue weighted by atomic mass is 16.3. The lowest BCUT2D eigenvalue weighted by Gasteiger charge is -2.37. The molecule has 1 N–H and O–H groups in total. The second-order valence-electron chi connectivity index (χ2n) is 5.22. The maximum Gasteiger partial charge on any atom is 0.236 e. The molecular formula is C13H24N2O2. The van der Waals surface area contributed by atoms with Crippen molar-refractivity contribution in [2.75, 3.05) is 32.8 Å². The van der Waals surface area contributed by atoms with Crippen LogP contribution < -0.4 is 0 Å². The molecule has 4 nitrogen and oxygen atoms in total. The molecule has 4 heteroatoms. The van der Waals surface area contributed by atoms with Crippen LogP contribution in [-0.2, 0) is 4.79 Å². The number of nitrogens with zero attached hydrogens (tertiary/aromatic N) is 2. The van der Waals surface area contributed by atoms with Crippen LogP contribution in [0.4, 0.5) is 0 Å². The molecule has 1 aliphatic carbocycles. The minimum atomic E-state index is 0.157. The molecule has 0 aromatic rings. The molecule has 0 atom stereocenters. The SMILES string of the molecule is O=C(CN(CCO)C1CCCCC1)N1CCC1. The van der Waals surface area contributed by atoms with Gasteiger partial charge in [-0.25, -0.2) is 0 Å². The highest BCUT2D eigenvalue weighted by molar-refractivity contribution is 5.79. The molecule has 2 aliphatic rings. The molecule has 1 aliphatic heterocycles. The Labute approximate surface area is 104 Å². The van der Waals surface area contributed by atoms with Gasteiger partial charge in [-0.15, -0.1) is 0 Å². The van der Waals surface area contributed by atoms with Gasteiger partial charge in [0.25, 0.3) is 0 Å². The minimum absolute atomic E-state index is 0.157. The van der Waals surface area contributed by atoms with Crippen molar-refractivity contribution in [1.29, 1.82) is 0 Å². The summed E-state index contributed by atoms with van der Waals surface area (Å²) < 4.78 is 0. The summed E-state index contributed by atoms with van der Waals surface area (Å²) in [5.41, 5.74) is 0. The first-order valence-corrected chi connectivity index (χ1v) is 6.94. The van der Waals surface area contributed by atoms with Gasteiger partial charge in [-0.1, -0.05) is 19.3 Å². The summed E-state index contributed by atoms with van der Waals surface area (Å²) in [7, 11) is 0. The summed E-state index contributed by atoms with van der Waals surface area (Å²) in [4.78, 5) is 16.1. The van der Waals surface area contributed by atoms with Gasteiger partial charge >= 0.3 is 0 Å². The third-order valence-corrected chi connectivity index (χ3v) is 4.03. The van der Waals surface area contributed by atoms with Crippen molar-refractivity contribution in [1.82, 2.24) is 9.80 Å². The van der Waals surface area contributed by atoms with Crippen molar-refractivity contribution < 1.29 is 9.90 Å². The normalized spacial score (nSPS) is 21.6. The fourth-order valence-corrected chi connectivity index (χ4v) is 2.80. The Bertz CT molecular complexity index is 248. The first kappa shape index (κ1) is 12.8. The number of aliphatic hydroxyl groups excluding tert-OH is 1. The Balaban J connectivity index is 1.83. The summed E-state index contributed by atoms with van der Waals surface area (Å²) in [6.07, 6.45) is 7.38. The second-order valence-corrected chi connectivity index (χ2v) is 5.22. The molecule has 0 unspecified atom stereocenters. The van der Waals surface area contributed by atoms with Crippen molar-refractivity contribution in [3.63, 3.8) is 0 Å². The molecule has 2 rings (SSSR count). The zero-order valence-corrected chi connectivity index (χ0v) is 10.6. The van der Waals surface area contributed by atoms with Crippen LogP contribution in [0.3, 0.4) is 0 Å². The number of rotatable bonds is 5. The first-order chi connectivity index (χ1) is 8.31. The first-order valence-electron chi connectivity index (χ1n) is 6.94. The Morgan fingerprint density at radius 2 is 1.88 bits per heavy atom. The van der Waals surface area contributed by atoms with Gasteiger partial charge in [0.15, 0.2) is 0 Å². The molecule has 0 radical (unpaired) electrons. The molecule has 2 fully saturated rings. The topological polar surface area (TPSA) is 43.8 Å². The van der Waals surface area contributed by atoms with E-state index < -0.39 is 0 Å². The highest BCUT2D eigenvalue weighted by Gasteiger charge is 2.26. The van der Waals surface area contributed by atoms with Gasteiger partial charge in [-0.3, -0.25) is 9.69 Å². The van der Waals surface area contributed by atoms with Gasteiger partial charge in [0.1, 0.15) is 0 Å². The van der Waals surface area contributed by atoms with Crippen molar-refractivity contribution in [3.8, 4) is 0 Å². The van der Waals surface area contributed by atoms with Crippen molar-refractivity contribution in [2.24, 2.45) is 0 Å². The predicted octanol–water partition coefficient (Wildman–Crippen LogP) is 0.846. The largest absolute Gasteiger partial charge is 0.395 e. The number of carbonyl (C=O) groups is 1. The molecule has 0 bridgehead atoms. The third kappa shape index (κ3) is 3.42. The van der Waals surface area contributed by atoms with Crippen LogP contribution in [0.1, 0.15) is 38.5 Å². The van der Waals surface area contributed by atoms with Crippen LogP contribution in [0, 0.1) is 0 Å². The lowest BCUT2D eigenvalue weighted by Crippen LogP contribution is -2.50. The summed E-state index contributed by atoms with van der Waals surface area (Å²) in [6, 6.07) is 0.515. The fraction of sp³-hybridized carbons (Fsp3) is 0.923. The lowest BCUT2D eigenvalue weighted by molar-refractivity contribution is -0.136. The standard InChI is InChI=1S/C13H24N2O2/c16-10-9-15(12-5-2-1-3-6-12)11-13(17)14-7-4-8-14/h12,16H,1-11H2. The number of likely N-dealkylation sites (tertiary alicyclic amines) is 1. The van der Waals surface area contributed by atoms with E-state index in [2.05, 4.69) is 4.90 Å². The molecule has 0 aromatic carbocycles. The van der Waals surface area contributed by atoms with Crippen molar-refractivity contribution in [3.05, 3.63) is 0 Å². The number of aliphatic hydroxyl groups is 1. The Hall–Kier alpha value is -0.610. The summed E-state index contributed by atoms with van der Waals surface area (Å²) in [5, 5.41) is 9.12. The Morgan fingerprint density at radius 3 is 2.41 bits per heavy atom. The van der Waals surface area contributed by atoms with Crippen LogP contribution in [0.25, 0.3) is 0 Å². The summed E-state index contributed by atoms with van der Waals surface area (Å²) in [6.45, 7) is 3.16. The van der Waals surface area contributed by atoms with Crippen molar-refractivity contribution in [2.45, 2.75) is 44.6 Å². The molecule has 1 saturated heterocycles. The van der Waals surface area contributed by atoms with E-state index in [-0.39, 0.29) is 12.5 Å². The van der Waals surface area contributed by atoms with Crippen LogP contribution in [0.2, 0.25) is 0 Å². The Kier molecular flexibility index (Phi) is 4.80. The number of hydrogen-bond acceptors (Lipinski definition) is 3. The number of carbonyl (C=O) groups excluding carboxylic acids is 1. The average molecular weight is 240 g/mol. The van der Waals surface area contributed by atoms with E-state index in [4.69, 9.17) is 5.11 Å². The van der Waals surface area contributed by atoms with E-state index in [1.807, 2.05) is 4.90 Å². The smallest absolute Gasteiger partial charge is 0.236 e. The predicted molar refractivity (Wildman–Crippen MR) is 66.7 cm³/mol. The maximum absolute atomic E-state index is 12.0. The molecule has 1 heterocycles. The van der Waals surface area contributed by atoms with Gasteiger partial charge in [0.2, 0.25) is 5.91 Å². The fourth-order valence-electron chi connectivity index (χ4n) is 2.80.